The van der Waals surface area contributed by atoms with E-state index in [1.54, 1.807) is 0 Å². The van der Waals surface area contributed by atoms with Gasteiger partial charge in [-0.2, -0.15) is 0 Å². The summed E-state index contributed by atoms with van der Waals surface area (Å²) < 4.78 is 16.7. The van der Waals surface area contributed by atoms with Gasteiger partial charge in [0.15, 0.2) is 6.10 Å². The zero-order chi connectivity index (χ0) is 42.3. The summed E-state index contributed by atoms with van der Waals surface area (Å²) in [4.78, 5) is 37.9. The Bertz CT molecular complexity index is 1030. The van der Waals surface area contributed by atoms with Crippen molar-refractivity contribution in [1.82, 2.24) is 0 Å². The van der Waals surface area contributed by atoms with Gasteiger partial charge < -0.3 is 14.2 Å². The number of rotatable bonds is 44. The predicted molar refractivity (Wildman–Crippen MR) is 247 cm³/mol. The van der Waals surface area contributed by atoms with Gasteiger partial charge in [0, 0.05) is 19.3 Å². The second-order valence-corrected chi connectivity index (χ2v) is 16.3. The molecule has 1 atom stereocenters. The molecule has 6 heteroatoms. The molecule has 0 bridgehead atoms. The Morgan fingerprint density at radius 1 is 0.362 bits per heavy atom. The van der Waals surface area contributed by atoms with Crippen LogP contribution in [0.2, 0.25) is 0 Å². The van der Waals surface area contributed by atoms with Crippen molar-refractivity contribution in [1.29, 1.82) is 0 Å². The fourth-order valence-corrected chi connectivity index (χ4v) is 6.86. The standard InChI is InChI=1S/C52H92O6/c1-4-7-10-13-16-19-22-25-26-28-30-33-36-39-42-45-51(54)57-48-49(47-56-50(53)44-41-38-35-32-29-24-21-18-15-12-9-6-3)58-52(55)46-43-40-37-34-31-27-23-20-17-14-11-8-5-2/h7,10,16,19-20,23,25-26,49H,4-6,8-9,11-15,17-18,21-22,24,27-48H2,1-3H3/b10-7-,19-16-,23-20-,26-25-/t49-/m0/s1. The van der Waals surface area contributed by atoms with Crippen LogP contribution in [0.1, 0.15) is 245 Å². The molecule has 0 unspecified atom stereocenters. The van der Waals surface area contributed by atoms with Crippen molar-refractivity contribution >= 4 is 17.9 Å². The van der Waals surface area contributed by atoms with Gasteiger partial charge in [0.25, 0.3) is 0 Å². The third kappa shape index (κ3) is 44.5. The van der Waals surface area contributed by atoms with E-state index < -0.39 is 6.10 Å². The van der Waals surface area contributed by atoms with Crippen LogP contribution in [0, 0.1) is 0 Å². The van der Waals surface area contributed by atoms with Crippen LogP contribution in [-0.4, -0.2) is 37.2 Å². The van der Waals surface area contributed by atoms with Gasteiger partial charge in [0.2, 0.25) is 0 Å². The van der Waals surface area contributed by atoms with Crippen molar-refractivity contribution < 1.29 is 28.6 Å². The van der Waals surface area contributed by atoms with E-state index >= 15 is 0 Å². The Balaban J connectivity index is 4.40. The van der Waals surface area contributed by atoms with Crippen LogP contribution in [0.3, 0.4) is 0 Å². The fourth-order valence-electron chi connectivity index (χ4n) is 6.86. The number of esters is 3. The van der Waals surface area contributed by atoms with Crippen LogP contribution in [0.5, 0.6) is 0 Å². The highest BCUT2D eigenvalue weighted by atomic mass is 16.6. The smallest absolute Gasteiger partial charge is 0.306 e. The second kappa shape index (κ2) is 47.1. The maximum Gasteiger partial charge on any atom is 0.306 e. The molecule has 0 saturated heterocycles. The monoisotopic (exact) mass is 813 g/mol. The van der Waals surface area contributed by atoms with Crippen molar-refractivity contribution in [3.05, 3.63) is 48.6 Å². The summed E-state index contributed by atoms with van der Waals surface area (Å²) in [6, 6.07) is 0. The first-order valence-electron chi connectivity index (χ1n) is 24.6. The van der Waals surface area contributed by atoms with Crippen molar-refractivity contribution in [3.8, 4) is 0 Å². The molecule has 0 aromatic heterocycles. The molecular weight excluding hydrogens is 721 g/mol. The summed E-state index contributed by atoms with van der Waals surface area (Å²) in [6.45, 7) is 6.49. The Hall–Kier alpha value is -2.63. The van der Waals surface area contributed by atoms with Gasteiger partial charge in [-0.3, -0.25) is 14.4 Å². The van der Waals surface area contributed by atoms with Crippen molar-refractivity contribution in [2.75, 3.05) is 13.2 Å². The first kappa shape index (κ1) is 55.4. The Morgan fingerprint density at radius 3 is 1.09 bits per heavy atom. The van der Waals surface area contributed by atoms with Crippen molar-refractivity contribution in [2.45, 2.75) is 252 Å². The third-order valence-corrected chi connectivity index (χ3v) is 10.6. The third-order valence-electron chi connectivity index (χ3n) is 10.6. The SMILES string of the molecule is CC/C=C\C/C=C\C/C=C\CCCCCCCC(=O)OC[C@H](COC(=O)CCCCCCCCCCCCCC)OC(=O)CCCCCCC/C=C\CCCCCC. The average Bonchev–Trinajstić information content (AvgIpc) is 3.22. The molecule has 336 valence electrons. The number of unbranched alkanes of at least 4 members (excludes halogenated alkanes) is 25. The maximum atomic E-state index is 12.7. The molecule has 58 heavy (non-hydrogen) atoms. The summed E-state index contributed by atoms with van der Waals surface area (Å²) in [5, 5.41) is 0. The number of allylic oxidation sites excluding steroid dienone is 8. The Morgan fingerprint density at radius 2 is 0.672 bits per heavy atom. The lowest BCUT2D eigenvalue weighted by atomic mass is 10.0. The molecular formula is C52H92O6. The number of carbonyl (C=O) groups is 3. The van der Waals surface area contributed by atoms with E-state index in [-0.39, 0.29) is 31.1 Å². The van der Waals surface area contributed by atoms with Gasteiger partial charge in [-0.25, -0.2) is 0 Å². The van der Waals surface area contributed by atoms with Crippen LogP contribution < -0.4 is 0 Å². The lowest BCUT2D eigenvalue weighted by molar-refractivity contribution is -0.167. The summed E-state index contributed by atoms with van der Waals surface area (Å²) in [5.74, 6) is -0.903. The molecule has 0 aromatic carbocycles. The van der Waals surface area contributed by atoms with E-state index in [2.05, 4.69) is 69.4 Å². The predicted octanol–water partition coefficient (Wildman–Crippen LogP) is 15.9. The van der Waals surface area contributed by atoms with Crippen LogP contribution in [0.25, 0.3) is 0 Å². The number of ether oxygens (including phenoxy) is 3. The van der Waals surface area contributed by atoms with Gasteiger partial charge in [0.1, 0.15) is 13.2 Å². The van der Waals surface area contributed by atoms with E-state index in [1.165, 1.54) is 96.3 Å². The molecule has 0 aromatic rings. The maximum absolute atomic E-state index is 12.7. The minimum atomic E-state index is -0.780. The molecule has 0 heterocycles. The normalized spacial score (nSPS) is 12.4. The molecule has 0 aliphatic rings. The molecule has 6 nitrogen and oxygen atoms in total. The number of carbonyl (C=O) groups excluding carboxylic acids is 3. The highest BCUT2D eigenvalue weighted by Crippen LogP contribution is 2.15. The molecule has 0 aliphatic heterocycles. The topological polar surface area (TPSA) is 78.9 Å². The number of hydrogen-bond acceptors (Lipinski definition) is 6. The molecule has 0 N–H and O–H groups in total. The largest absolute Gasteiger partial charge is 0.462 e. The van der Waals surface area contributed by atoms with E-state index in [0.29, 0.717) is 19.3 Å². The van der Waals surface area contributed by atoms with E-state index in [0.717, 1.165) is 109 Å². The van der Waals surface area contributed by atoms with Gasteiger partial charge in [0.05, 0.1) is 0 Å². The highest BCUT2D eigenvalue weighted by Gasteiger charge is 2.19. The summed E-state index contributed by atoms with van der Waals surface area (Å²) in [6.07, 6.45) is 55.1. The van der Waals surface area contributed by atoms with E-state index in [4.69, 9.17) is 14.2 Å². The quantitative estimate of drug-likeness (QED) is 0.0264. The first-order chi connectivity index (χ1) is 28.5. The van der Waals surface area contributed by atoms with Gasteiger partial charge in [-0.05, 0) is 77.0 Å². The minimum absolute atomic E-state index is 0.0801. The van der Waals surface area contributed by atoms with Crippen LogP contribution in [0.15, 0.2) is 48.6 Å². The fraction of sp³-hybridized carbons (Fsp3) is 0.788. The zero-order valence-electron chi connectivity index (χ0n) is 38.3. The summed E-state index contributed by atoms with van der Waals surface area (Å²) >= 11 is 0. The average molecular weight is 813 g/mol. The lowest BCUT2D eigenvalue weighted by Crippen LogP contribution is -2.30. The molecule has 0 rings (SSSR count). The first-order valence-corrected chi connectivity index (χ1v) is 24.6. The van der Waals surface area contributed by atoms with Crippen LogP contribution >= 0.6 is 0 Å². The van der Waals surface area contributed by atoms with Gasteiger partial charge in [-0.1, -0.05) is 198 Å². The van der Waals surface area contributed by atoms with Crippen molar-refractivity contribution in [3.63, 3.8) is 0 Å². The van der Waals surface area contributed by atoms with Crippen LogP contribution in [0.4, 0.5) is 0 Å². The van der Waals surface area contributed by atoms with Crippen molar-refractivity contribution in [2.24, 2.45) is 0 Å². The molecule has 0 spiro atoms. The van der Waals surface area contributed by atoms with Crippen LogP contribution in [-0.2, 0) is 28.6 Å². The molecule has 0 amide bonds. The highest BCUT2D eigenvalue weighted by molar-refractivity contribution is 5.71. The Kier molecular flexibility index (Phi) is 44.9. The molecule has 0 fully saturated rings. The second-order valence-electron chi connectivity index (χ2n) is 16.3. The lowest BCUT2D eigenvalue weighted by Gasteiger charge is -2.18. The van der Waals surface area contributed by atoms with Gasteiger partial charge >= 0.3 is 17.9 Å². The molecule has 0 radical (unpaired) electrons. The van der Waals surface area contributed by atoms with Gasteiger partial charge in [-0.15, -0.1) is 0 Å². The summed E-state index contributed by atoms with van der Waals surface area (Å²) in [7, 11) is 0. The summed E-state index contributed by atoms with van der Waals surface area (Å²) in [5.41, 5.74) is 0. The zero-order valence-corrected chi connectivity index (χ0v) is 38.3. The molecule has 0 aliphatic carbocycles. The molecule has 0 saturated carbocycles. The Labute approximate surface area is 358 Å². The number of hydrogen-bond donors (Lipinski definition) is 0. The van der Waals surface area contributed by atoms with E-state index in [9.17, 15) is 14.4 Å². The van der Waals surface area contributed by atoms with E-state index in [1.807, 2.05) is 0 Å². The minimum Gasteiger partial charge on any atom is -0.462 e.